The number of piperazine rings is 1. The number of halogens is 2. The van der Waals surface area contributed by atoms with Crippen LogP contribution in [0.25, 0.3) is 11.5 Å². The molecule has 1 aliphatic heterocycles. The molecule has 3 aromatic rings. The lowest BCUT2D eigenvalue weighted by Crippen LogP contribution is -2.48. The first-order valence-electron chi connectivity index (χ1n) is 8.51. The van der Waals surface area contributed by atoms with Crippen molar-refractivity contribution in [3.05, 3.63) is 58.1 Å². The van der Waals surface area contributed by atoms with Crippen molar-refractivity contribution in [3.63, 3.8) is 0 Å². The smallest absolute Gasteiger partial charge is 0.289 e. The van der Waals surface area contributed by atoms with Crippen LogP contribution in [0.4, 0.5) is 5.88 Å². The Kier molecular flexibility index (Phi) is 4.99. The fourth-order valence-corrected chi connectivity index (χ4v) is 3.54. The zero-order valence-corrected chi connectivity index (χ0v) is 16.1. The average molecular weight is 417 g/mol. The summed E-state index contributed by atoms with van der Waals surface area (Å²) in [5.74, 6) is 0.776. The summed E-state index contributed by atoms with van der Waals surface area (Å²) in [4.78, 5) is 20.2. The fraction of sp³-hybridized carbons (Fsp3) is 0.211. The van der Waals surface area contributed by atoms with Crippen molar-refractivity contribution in [1.29, 1.82) is 5.26 Å². The van der Waals surface area contributed by atoms with Crippen LogP contribution in [0, 0.1) is 11.3 Å². The van der Waals surface area contributed by atoms with Gasteiger partial charge >= 0.3 is 0 Å². The summed E-state index contributed by atoms with van der Waals surface area (Å²) in [5.41, 5.74) is 0.729. The van der Waals surface area contributed by atoms with Gasteiger partial charge in [0.1, 0.15) is 6.07 Å². The number of aromatic nitrogens is 1. The van der Waals surface area contributed by atoms with Gasteiger partial charge in [-0.1, -0.05) is 23.2 Å². The van der Waals surface area contributed by atoms with Gasteiger partial charge in [-0.2, -0.15) is 10.2 Å². The van der Waals surface area contributed by atoms with Crippen LogP contribution in [0.1, 0.15) is 16.2 Å². The Morgan fingerprint density at radius 1 is 1.18 bits per heavy atom. The number of amides is 1. The van der Waals surface area contributed by atoms with Crippen LogP contribution in [0.2, 0.25) is 10.0 Å². The fourth-order valence-electron chi connectivity index (χ4n) is 3.05. The topological polar surface area (TPSA) is 86.5 Å². The Labute approximate surface area is 170 Å². The van der Waals surface area contributed by atoms with Crippen molar-refractivity contribution in [2.45, 2.75) is 0 Å². The number of furan rings is 1. The second kappa shape index (κ2) is 7.58. The number of nitrogens with zero attached hydrogens (tertiary/aromatic N) is 4. The number of hydrogen-bond donors (Lipinski definition) is 0. The van der Waals surface area contributed by atoms with Crippen LogP contribution in [-0.2, 0) is 0 Å². The predicted molar refractivity (Wildman–Crippen MR) is 103 cm³/mol. The molecular formula is C19H14Cl2N4O3. The van der Waals surface area contributed by atoms with E-state index in [2.05, 4.69) is 11.1 Å². The number of carbonyl (C=O) groups is 1. The molecule has 1 aromatic carbocycles. The zero-order chi connectivity index (χ0) is 19.7. The predicted octanol–water partition coefficient (Wildman–Crippen LogP) is 4.08. The molecule has 0 atom stereocenters. The maximum atomic E-state index is 12.4. The Bertz CT molecular complexity index is 1050. The molecule has 0 saturated carbocycles. The normalized spacial score (nSPS) is 14.2. The molecule has 9 heteroatoms. The van der Waals surface area contributed by atoms with E-state index in [1.54, 1.807) is 35.2 Å². The van der Waals surface area contributed by atoms with Gasteiger partial charge in [-0.05, 0) is 30.3 Å². The highest BCUT2D eigenvalue weighted by molar-refractivity contribution is 6.36. The molecule has 0 bridgehead atoms. The molecule has 0 spiro atoms. The minimum atomic E-state index is -0.156. The summed E-state index contributed by atoms with van der Waals surface area (Å²) < 4.78 is 11.0. The van der Waals surface area contributed by atoms with E-state index in [9.17, 15) is 10.1 Å². The van der Waals surface area contributed by atoms with Gasteiger partial charge in [-0.15, -0.1) is 0 Å². The first-order valence-corrected chi connectivity index (χ1v) is 9.26. The Hall–Kier alpha value is -2.95. The lowest BCUT2D eigenvalue weighted by atomic mass is 10.2. The van der Waals surface area contributed by atoms with Crippen LogP contribution in [0.15, 0.2) is 45.4 Å². The first kappa shape index (κ1) is 18.4. The summed E-state index contributed by atoms with van der Waals surface area (Å²) in [6.07, 6.45) is 1.47. The van der Waals surface area contributed by atoms with Crippen molar-refractivity contribution < 1.29 is 13.6 Å². The molecule has 1 amide bonds. The molecule has 0 N–H and O–H groups in total. The molecular weight excluding hydrogens is 403 g/mol. The molecule has 7 nitrogen and oxygen atoms in total. The van der Waals surface area contributed by atoms with E-state index < -0.39 is 0 Å². The average Bonchev–Trinajstić information content (AvgIpc) is 3.37. The number of anilines is 1. The van der Waals surface area contributed by atoms with Crippen molar-refractivity contribution >= 4 is 35.0 Å². The van der Waals surface area contributed by atoms with Gasteiger partial charge in [-0.25, -0.2) is 0 Å². The van der Waals surface area contributed by atoms with Gasteiger partial charge in [0.25, 0.3) is 5.91 Å². The SMILES string of the molecule is N#Cc1nc(-c2ccc(Cl)cc2Cl)oc1N1CCN(C(=O)c2ccco2)CC1. The second-order valence-corrected chi connectivity index (χ2v) is 7.01. The number of carbonyl (C=O) groups excluding carboxylic acids is 1. The summed E-state index contributed by atoms with van der Waals surface area (Å²) in [6, 6.07) is 10.3. The van der Waals surface area contributed by atoms with E-state index in [0.29, 0.717) is 53.4 Å². The molecule has 0 aliphatic carbocycles. The standard InChI is InChI=1S/C19H14Cl2N4O3/c20-12-3-4-13(14(21)10-12)17-23-15(11-22)19(28-17)25-7-5-24(6-8-25)18(26)16-2-1-9-27-16/h1-4,9-10H,5-8H2. The third kappa shape index (κ3) is 3.44. The summed E-state index contributed by atoms with van der Waals surface area (Å²) >= 11 is 12.2. The molecule has 0 radical (unpaired) electrons. The Balaban J connectivity index is 1.53. The van der Waals surface area contributed by atoms with Gasteiger partial charge in [0, 0.05) is 31.2 Å². The second-order valence-electron chi connectivity index (χ2n) is 6.17. The maximum Gasteiger partial charge on any atom is 0.289 e. The van der Waals surface area contributed by atoms with Crippen LogP contribution >= 0.6 is 23.2 Å². The monoisotopic (exact) mass is 416 g/mol. The van der Waals surface area contributed by atoms with E-state index in [1.807, 2.05) is 4.90 Å². The van der Waals surface area contributed by atoms with E-state index in [-0.39, 0.29) is 17.5 Å². The highest BCUT2D eigenvalue weighted by atomic mass is 35.5. The molecule has 0 unspecified atom stereocenters. The minimum absolute atomic E-state index is 0.156. The van der Waals surface area contributed by atoms with Crippen molar-refractivity contribution in [2.24, 2.45) is 0 Å². The van der Waals surface area contributed by atoms with Crippen molar-refractivity contribution in [2.75, 3.05) is 31.1 Å². The molecule has 4 rings (SSSR count). The lowest BCUT2D eigenvalue weighted by Gasteiger charge is -2.34. The molecule has 1 fully saturated rings. The quantitative estimate of drug-likeness (QED) is 0.639. The summed E-state index contributed by atoms with van der Waals surface area (Å²) in [5, 5.41) is 10.3. The van der Waals surface area contributed by atoms with E-state index in [0.717, 1.165) is 0 Å². The van der Waals surface area contributed by atoms with Gasteiger partial charge in [0.05, 0.1) is 16.8 Å². The molecule has 1 saturated heterocycles. The highest BCUT2D eigenvalue weighted by Gasteiger charge is 2.28. The molecule has 28 heavy (non-hydrogen) atoms. The molecule has 3 heterocycles. The van der Waals surface area contributed by atoms with Crippen LogP contribution in [0.5, 0.6) is 0 Å². The Morgan fingerprint density at radius 2 is 1.96 bits per heavy atom. The highest BCUT2D eigenvalue weighted by Crippen LogP contribution is 2.34. The third-order valence-electron chi connectivity index (χ3n) is 4.46. The van der Waals surface area contributed by atoms with Crippen LogP contribution < -0.4 is 4.90 Å². The van der Waals surface area contributed by atoms with Gasteiger partial charge in [0.2, 0.25) is 17.5 Å². The molecule has 1 aliphatic rings. The number of benzene rings is 1. The maximum absolute atomic E-state index is 12.4. The van der Waals surface area contributed by atoms with Crippen LogP contribution in [-0.4, -0.2) is 42.0 Å². The first-order chi connectivity index (χ1) is 13.6. The molecule has 142 valence electrons. The van der Waals surface area contributed by atoms with E-state index in [1.165, 1.54) is 6.26 Å². The van der Waals surface area contributed by atoms with Gasteiger partial charge in [-0.3, -0.25) is 4.79 Å². The number of nitriles is 1. The largest absolute Gasteiger partial charge is 0.459 e. The minimum Gasteiger partial charge on any atom is -0.459 e. The van der Waals surface area contributed by atoms with Crippen LogP contribution in [0.3, 0.4) is 0 Å². The number of rotatable bonds is 3. The van der Waals surface area contributed by atoms with Crippen molar-refractivity contribution in [3.8, 4) is 17.5 Å². The third-order valence-corrected chi connectivity index (χ3v) is 5.01. The summed E-state index contributed by atoms with van der Waals surface area (Å²) in [6.45, 7) is 1.96. The van der Waals surface area contributed by atoms with E-state index in [4.69, 9.17) is 32.0 Å². The number of hydrogen-bond acceptors (Lipinski definition) is 6. The van der Waals surface area contributed by atoms with Gasteiger partial charge in [0.15, 0.2) is 5.76 Å². The number of oxazole rings is 1. The van der Waals surface area contributed by atoms with Crippen molar-refractivity contribution in [1.82, 2.24) is 9.88 Å². The zero-order valence-electron chi connectivity index (χ0n) is 14.6. The van der Waals surface area contributed by atoms with E-state index >= 15 is 0 Å². The Morgan fingerprint density at radius 3 is 2.61 bits per heavy atom. The summed E-state index contributed by atoms with van der Waals surface area (Å²) in [7, 11) is 0. The molecule has 2 aromatic heterocycles. The lowest BCUT2D eigenvalue weighted by molar-refractivity contribution is 0.0713. The van der Waals surface area contributed by atoms with Gasteiger partial charge < -0.3 is 18.6 Å².